The summed E-state index contributed by atoms with van der Waals surface area (Å²) in [6.45, 7) is -1.75. The van der Waals surface area contributed by atoms with Crippen molar-refractivity contribution in [2.24, 2.45) is 0 Å². The molecule has 0 aromatic carbocycles. The van der Waals surface area contributed by atoms with Crippen LogP contribution in [-0.4, -0.2) is 66.9 Å². The minimum atomic E-state index is -4.59. The van der Waals surface area contributed by atoms with Crippen LogP contribution in [0.3, 0.4) is 0 Å². The van der Waals surface area contributed by atoms with Crippen molar-refractivity contribution < 1.29 is 36.2 Å². The summed E-state index contributed by atoms with van der Waals surface area (Å²) >= 11 is 0. The van der Waals surface area contributed by atoms with Gasteiger partial charge < -0.3 is 15.5 Å². The van der Waals surface area contributed by atoms with Crippen molar-refractivity contribution >= 4 is 17.6 Å². The summed E-state index contributed by atoms with van der Waals surface area (Å²) in [7, 11) is 0. The Kier molecular flexibility index (Phi) is 5.59. The molecule has 0 saturated carbocycles. The highest BCUT2D eigenvalue weighted by Gasteiger charge is 2.39. The van der Waals surface area contributed by atoms with E-state index in [-0.39, 0.29) is 13.1 Å². The molecule has 0 unspecified atom stereocenters. The summed E-state index contributed by atoms with van der Waals surface area (Å²) in [5.41, 5.74) is -0.172. The first-order valence-corrected chi connectivity index (χ1v) is 9.39. The number of nitrogens with zero attached hydrogens (tertiary/aromatic N) is 6. The molecule has 1 fully saturated rings. The highest BCUT2D eigenvalue weighted by Crippen LogP contribution is 2.22. The molecule has 3 amide bonds. The number of hydrogen-bond donors (Lipinski definition) is 2. The number of hydrogen-bond acceptors (Lipinski definition) is 7. The summed E-state index contributed by atoms with van der Waals surface area (Å²) in [5.74, 6) is -3.98. The molecule has 1 aliphatic heterocycles. The zero-order valence-corrected chi connectivity index (χ0v) is 16.6. The van der Waals surface area contributed by atoms with E-state index >= 15 is 0 Å². The fourth-order valence-electron chi connectivity index (χ4n) is 3.15. The third-order valence-electron chi connectivity index (χ3n) is 4.58. The molecule has 16 heteroatoms. The first kappa shape index (κ1) is 22.3. The van der Waals surface area contributed by atoms with Crippen LogP contribution in [0.25, 0.3) is 5.65 Å². The topological polar surface area (TPSA) is 131 Å². The molecular formula is C17H15F5N8O3. The van der Waals surface area contributed by atoms with E-state index in [9.17, 15) is 31.5 Å². The largest absolute Gasteiger partial charge is 0.394 e. The lowest BCUT2D eigenvalue weighted by molar-refractivity contribution is -0.128. The smallest absolute Gasteiger partial charge is 0.345 e. The number of carbonyl (C=O) groups excluding carboxylic acids is 2. The van der Waals surface area contributed by atoms with E-state index in [0.717, 1.165) is 4.90 Å². The van der Waals surface area contributed by atoms with Gasteiger partial charge in [0.05, 0.1) is 44.1 Å². The Morgan fingerprint density at radius 2 is 2.09 bits per heavy atom. The number of amides is 3. The van der Waals surface area contributed by atoms with Crippen molar-refractivity contribution in [1.82, 2.24) is 40.4 Å². The molecule has 0 aliphatic carbocycles. The van der Waals surface area contributed by atoms with Gasteiger partial charge in [0.15, 0.2) is 11.3 Å². The minimum absolute atomic E-state index is 0.120. The average Bonchev–Trinajstić information content (AvgIpc) is 3.33. The maximum atomic E-state index is 13.6. The number of rotatable bonds is 6. The summed E-state index contributed by atoms with van der Waals surface area (Å²) in [6, 6.07) is 0.904. The van der Waals surface area contributed by atoms with E-state index in [1.165, 1.54) is 23.0 Å². The second-order valence-electron chi connectivity index (χ2n) is 7.30. The molecule has 2 N–H and O–H groups in total. The van der Waals surface area contributed by atoms with Crippen molar-refractivity contribution in [2.75, 3.05) is 13.1 Å². The van der Waals surface area contributed by atoms with Gasteiger partial charge in [-0.25, -0.2) is 27.7 Å². The monoisotopic (exact) mass is 474 g/mol. The maximum Gasteiger partial charge on any atom is 0.394 e. The molecule has 3 aromatic rings. The van der Waals surface area contributed by atoms with Gasteiger partial charge in [-0.1, -0.05) is 5.16 Å². The predicted molar refractivity (Wildman–Crippen MR) is 97.0 cm³/mol. The molecule has 3 aromatic heterocycles. The summed E-state index contributed by atoms with van der Waals surface area (Å²) in [6.07, 6.45) is -3.23. The standard InChI is InChI=1S/C17H15F5N8O3/c18-16(19)7-24-15(32)29(8-16)5-9-1-12-26-10(6-30(12)25-3-9)4-23-14(31)13-11(27-33-28-13)2-17(20,21)22/h1,3,6H,2,4-5,7-8H2,(H,23,31)(H,24,32). The molecule has 11 nitrogen and oxygen atoms in total. The highest BCUT2D eigenvalue weighted by molar-refractivity contribution is 5.93. The van der Waals surface area contributed by atoms with Gasteiger partial charge in [-0.3, -0.25) is 4.79 Å². The number of carbonyl (C=O) groups is 2. The minimum Gasteiger partial charge on any atom is -0.345 e. The van der Waals surface area contributed by atoms with Gasteiger partial charge in [0, 0.05) is 6.54 Å². The molecule has 33 heavy (non-hydrogen) atoms. The number of fused-ring (bicyclic) bond motifs is 1. The van der Waals surface area contributed by atoms with Crippen LogP contribution in [-0.2, 0) is 19.5 Å². The Morgan fingerprint density at radius 3 is 2.85 bits per heavy atom. The lowest BCUT2D eigenvalue weighted by Gasteiger charge is -2.32. The number of urea groups is 1. The van der Waals surface area contributed by atoms with E-state index in [1.807, 2.05) is 0 Å². The van der Waals surface area contributed by atoms with E-state index < -0.39 is 54.9 Å². The predicted octanol–water partition coefficient (Wildman–Crippen LogP) is 1.31. The molecule has 4 heterocycles. The van der Waals surface area contributed by atoms with Gasteiger partial charge in [0.2, 0.25) is 0 Å². The van der Waals surface area contributed by atoms with E-state index in [4.69, 9.17) is 0 Å². The summed E-state index contributed by atoms with van der Waals surface area (Å²) < 4.78 is 70.3. The van der Waals surface area contributed by atoms with Crippen LogP contribution in [0.5, 0.6) is 0 Å². The second kappa shape index (κ2) is 8.25. The first-order valence-electron chi connectivity index (χ1n) is 9.39. The van der Waals surface area contributed by atoms with Crippen LogP contribution in [0.2, 0.25) is 0 Å². The van der Waals surface area contributed by atoms with Gasteiger partial charge >= 0.3 is 12.2 Å². The molecular weight excluding hydrogens is 459 g/mol. The van der Waals surface area contributed by atoms with Crippen LogP contribution < -0.4 is 10.6 Å². The van der Waals surface area contributed by atoms with Crippen molar-refractivity contribution in [1.29, 1.82) is 0 Å². The van der Waals surface area contributed by atoms with Crippen LogP contribution in [0.1, 0.15) is 27.4 Å². The maximum absolute atomic E-state index is 13.6. The lowest BCUT2D eigenvalue weighted by atomic mass is 10.2. The Balaban J connectivity index is 1.41. The molecule has 0 radical (unpaired) electrons. The summed E-state index contributed by atoms with van der Waals surface area (Å²) in [4.78, 5) is 29.2. The van der Waals surface area contributed by atoms with Gasteiger partial charge in [-0.15, -0.1) is 0 Å². The second-order valence-corrected chi connectivity index (χ2v) is 7.30. The number of alkyl halides is 5. The van der Waals surface area contributed by atoms with Crippen LogP contribution >= 0.6 is 0 Å². The normalized spacial score (nSPS) is 16.2. The van der Waals surface area contributed by atoms with Crippen LogP contribution in [0.4, 0.5) is 26.7 Å². The molecule has 176 valence electrons. The quantitative estimate of drug-likeness (QED) is 0.515. The Morgan fingerprint density at radius 1 is 1.30 bits per heavy atom. The molecule has 1 aliphatic rings. The highest BCUT2D eigenvalue weighted by atomic mass is 19.4. The number of halogens is 5. The molecule has 1 saturated heterocycles. The Labute approximate surface area is 180 Å². The van der Waals surface area contributed by atoms with Gasteiger partial charge in [-0.05, 0) is 16.8 Å². The fraction of sp³-hybridized carbons (Fsp3) is 0.412. The Hall–Kier alpha value is -3.85. The first-order chi connectivity index (χ1) is 15.5. The lowest BCUT2D eigenvalue weighted by Crippen LogP contribution is -2.56. The SMILES string of the molecule is O=C(NCc1cn2ncc(CN3CC(F)(F)CNC3=O)cc2n1)c1nonc1CC(F)(F)F. The van der Waals surface area contributed by atoms with E-state index in [0.29, 0.717) is 16.9 Å². The van der Waals surface area contributed by atoms with Crippen LogP contribution in [0, 0.1) is 0 Å². The fourth-order valence-corrected chi connectivity index (χ4v) is 3.15. The zero-order chi connectivity index (χ0) is 23.8. The number of imidazole rings is 1. The van der Waals surface area contributed by atoms with Gasteiger partial charge in [0.25, 0.3) is 11.8 Å². The molecule has 0 atom stereocenters. The third kappa shape index (κ3) is 5.32. The molecule has 0 spiro atoms. The van der Waals surface area contributed by atoms with Crippen molar-refractivity contribution in [2.45, 2.75) is 31.6 Å². The third-order valence-corrected chi connectivity index (χ3v) is 4.58. The van der Waals surface area contributed by atoms with Crippen molar-refractivity contribution in [3.05, 3.63) is 41.1 Å². The summed E-state index contributed by atoms with van der Waals surface area (Å²) in [5, 5.41) is 14.9. The zero-order valence-electron chi connectivity index (χ0n) is 16.6. The molecule has 0 bridgehead atoms. The number of aromatic nitrogens is 5. The number of nitrogens with one attached hydrogen (secondary N) is 2. The van der Waals surface area contributed by atoms with Gasteiger partial charge in [0.1, 0.15) is 5.69 Å². The van der Waals surface area contributed by atoms with Crippen molar-refractivity contribution in [3.8, 4) is 0 Å². The van der Waals surface area contributed by atoms with Gasteiger partial charge in [-0.2, -0.15) is 18.3 Å². The average molecular weight is 474 g/mol. The Bertz CT molecular complexity index is 1190. The van der Waals surface area contributed by atoms with Crippen LogP contribution in [0.15, 0.2) is 23.1 Å². The van der Waals surface area contributed by atoms with Crippen molar-refractivity contribution in [3.63, 3.8) is 0 Å². The van der Waals surface area contributed by atoms with E-state index in [2.05, 4.69) is 35.7 Å². The van der Waals surface area contributed by atoms with E-state index in [1.54, 1.807) is 0 Å². The molecule has 4 rings (SSSR count).